The Balaban J connectivity index is 1.38. The summed E-state index contributed by atoms with van der Waals surface area (Å²) in [6.07, 6.45) is 13.1. The number of hydrogen-bond acceptors (Lipinski definition) is 3. The number of rotatable bonds is 10. The van der Waals surface area contributed by atoms with Crippen LogP contribution in [0.5, 0.6) is 11.5 Å². The van der Waals surface area contributed by atoms with E-state index in [0.29, 0.717) is 25.2 Å². The minimum Gasteiger partial charge on any atom is -0.491 e. The van der Waals surface area contributed by atoms with Crippen LogP contribution in [0.25, 0.3) is 0 Å². The molecule has 1 saturated heterocycles. The van der Waals surface area contributed by atoms with Gasteiger partial charge in [0.15, 0.2) is 11.5 Å². The van der Waals surface area contributed by atoms with Crippen molar-refractivity contribution in [3.63, 3.8) is 0 Å². The van der Waals surface area contributed by atoms with Crippen LogP contribution in [-0.2, 0) is 4.74 Å². The molecule has 0 amide bonds. The van der Waals surface area contributed by atoms with E-state index in [4.69, 9.17) is 14.2 Å². The third-order valence-electron chi connectivity index (χ3n) is 6.82. The highest BCUT2D eigenvalue weighted by Crippen LogP contribution is 2.38. The van der Waals surface area contributed by atoms with E-state index in [1.54, 1.807) is 6.92 Å². The van der Waals surface area contributed by atoms with Gasteiger partial charge in [0.2, 0.25) is 11.6 Å². The van der Waals surface area contributed by atoms with Gasteiger partial charge in [-0.15, -0.1) is 0 Å². The molecule has 1 aliphatic carbocycles. The fraction of sp³-hybridized carbons (Fsp3) is 0.760. The summed E-state index contributed by atoms with van der Waals surface area (Å²) in [4.78, 5) is 0. The van der Waals surface area contributed by atoms with Gasteiger partial charge in [-0.05, 0) is 56.6 Å². The molecule has 2 fully saturated rings. The van der Waals surface area contributed by atoms with E-state index in [-0.39, 0.29) is 24.0 Å². The SMILES string of the molecule is CCCCCC1CCC(C2CCC(COc3ccc(OCC)c(F)c3F)CO2)CC1. The highest BCUT2D eigenvalue weighted by molar-refractivity contribution is 5.35. The fourth-order valence-corrected chi connectivity index (χ4v) is 4.96. The molecular weight excluding hydrogens is 386 g/mol. The van der Waals surface area contributed by atoms with Crippen LogP contribution in [0.1, 0.15) is 78.1 Å². The molecule has 0 radical (unpaired) electrons. The molecule has 1 saturated carbocycles. The lowest BCUT2D eigenvalue weighted by Gasteiger charge is -2.37. The van der Waals surface area contributed by atoms with Gasteiger partial charge in [-0.2, -0.15) is 8.78 Å². The van der Waals surface area contributed by atoms with Crippen molar-refractivity contribution in [1.82, 2.24) is 0 Å². The molecule has 2 unspecified atom stereocenters. The lowest BCUT2D eigenvalue weighted by molar-refractivity contribution is -0.0656. The second kappa shape index (κ2) is 11.9. The number of ether oxygens (including phenoxy) is 3. The Hall–Kier alpha value is -1.36. The Morgan fingerprint density at radius 2 is 1.53 bits per heavy atom. The summed E-state index contributed by atoms with van der Waals surface area (Å²) in [5.74, 6) is -0.272. The quantitative estimate of drug-likeness (QED) is 0.381. The van der Waals surface area contributed by atoms with Crippen molar-refractivity contribution in [2.24, 2.45) is 17.8 Å². The Labute approximate surface area is 180 Å². The minimum atomic E-state index is -0.986. The molecule has 2 atom stereocenters. The molecular formula is C25H38F2O3. The first-order valence-corrected chi connectivity index (χ1v) is 12.0. The van der Waals surface area contributed by atoms with Gasteiger partial charge in [0.25, 0.3) is 0 Å². The van der Waals surface area contributed by atoms with Crippen LogP contribution >= 0.6 is 0 Å². The Kier molecular flexibility index (Phi) is 9.23. The van der Waals surface area contributed by atoms with Crippen molar-refractivity contribution in [3.05, 3.63) is 23.8 Å². The first kappa shape index (κ1) is 23.3. The van der Waals surface area contributed by atoms with Gasteiger partial charge in [0.1, 0.15) is 0 Å². The van der Waals surface area contributed by atoms with Crippen molar-refractivity contribution < 1.29 is 23.0 Å². The maximum Gasteiger partial charge on any atom is 0.204 e. The number of halogens is 2. The molecule has 0 bridgehead atoms. The second-order valence-corrected chi connectivity index (χ2v) is 9.03. The predicted octanol–water partition coefficient (Wildman–Crippen LogP) is 6.92. The highest BCUT2D eigenvalue weighted by Gasteiger charge is 2.32. The van der Waals surface area contributed by atoms with Gasteiger partial charge in [-0.1, -0.05) is 45.4 Å². The van der Waals surface area contributed by atoms with Crippen molar-refractivity contribution in [1.29, 1.82) is 0 Å². The zero-order chi connectivity index (χ0) is 21.3. The number of unbranched alkanes of at least 4 members (excludes halogenated alkanes) is 2. The third-order valence-corrected chi connectivity index (χ3v) is 6.82. The van der Waals surface area contributed by atoms with Crippen molar-refractivity contribution in [3.8, 4) is 11.5 Å². The van der Waals surface area contributed by atoms with E-state index >= 15 is 0 Å². The summed E-state index contributed by atoms with van der Waals surface area (Å²) < 4.78 is 45.0. The van der Waals surface area contributed by atoms with Gasteiger partial charge in [-0.3, -0.25) is 0 Å². The van der Waals surface area contributed by atoms with E-state index in [1.807, 2.05) is 0 Å². The molecule has 1 heterocycles. The van der Waals surface area contributed by atoms with Crippen LogP contribution in [0.3, 0.4) is 0 Å². The highest BCUT2D eigenvalue weighted by atomic mass is 19.2. The molecule has 30 heavy (non-hydrogen) atoms. The summed E-state index contributed by atoms with van der Waals surface area (Å²) in [5, 5.41) is 0. The van der Waals surface area contributed by atoms with Gasteiger partial charge >= 0.3 is 0 Å². The van der Waals surface area contributed by atoms with E-state index in [9.17, 15) is 8.78 Å². The standard InChI is InChI=1S/C25H38F2O3/c1-3-5-6-7-18-8-11-20(12-9-18)21-13-10-19(16-29-21)17-30-23-15-14-22(28-4-2)24(26)25(23)27/h14-15,18-21H,3-13,16-17H2,1-2H3. The van der Waals surface area contributed by atoms with Crippen molar-refractivity contribution in [2.75, 3.05) is 19.8 Å². The minimum absolute atomic E-state index is 0.0560. The smallest absolute Gasteiger partial charge is 0.204 e. The number of benzene rings is 1. The van der Waals surface area contributed by atoms with Crippen LogP contribution in [0.15, 0.2) is 12.1 Å². The van der Waals surface area contributed by atoms with Gasteiger partial charge in [0.05, 0.1) is 25.9 Å². The lowest BCUT2D eigenvalue weighted by Crippen LogP contribution is -2.35. The molecule has 0 N–H and O–H groups in total. The Morgan fingerprint density at radius 1 is 0.867 bits per heavy atom. The molecule has 1 aliphatic heterocycles. The van der Waals surface area contributed by atoms with E-state index in [0.717, 1.165) is 18.8 Å². The molecule has 3 rings (SSSR count). The topological polar surface area (TPSA) is 27.7 Å². The summed E-state index contributed by atoms with van der Waals surface area (Å²) in [5.41, 5.74) is 0. The summed E-state index contributed by atoms with van der Waals surface area (Å²) in [6, 6.07) is 2.86. The largest absolute Gasteiger partial charge is 0.491 e. The van der Waals surface area contributed by atoms with Crippen molar-refractivity contribution in [2.45, 2.75) is 84.2 Å². The van der Waals surface area contributed by atoms with Crippen LogP contribution < -0.4 is 9.47 Å². The Morgan fingerprint density at radius 3 is 2.13 bits per heavy atom. The molecule has 0 spiro atoms. The third kappa shape index (κ3) is 6.32. The molecule has 2 aliphatic rings. The molecule has 5 heteroatoms. The van der Waals surface area contributed by atoms with E-state index < -0.39 is 11.6 Å². The average Bonchev–Trinajstić information content (AvgIpc) is 2.78. The molecule has 3 nitrogen and oxygen atoms in total. The fourth-order valence-electron chi connectivity index (χ4n) is 4.96. The molecule has 1 aromatic rings. The van der Waals surface area contributed by atoms with Crippen LogP contribution in [-0.4, -0.2) is 25.9 Å². The maximum atomic E-state index is 14.2. The Bertz CT molecular complexity index is 636. The summed E-state index contributed by atoms with van der Waals surface area (Å²) in [6.45, 7) is 5.28. The normalized spacial score (nSPS) is 27.1. The van der Waals surface area contributed by atoms with E-state index in [1.165, 1.54) is 63.5 Å². The molecule has 170 valence electrons. The monoisotopic (exact) mass is 424 g/mol. The average molecular weight is 425 g/mol. The predicted molar refractivity (Wildman–Crippen MR) is 115 cm³/mol. The van der Waals surface area contributed by atoms with Gasteiger partial charge in [-0.25, -0.2) is 0 Å². The zero-order valence-corrected chi connectivity index (χ0v) is 18.6. The lowest BCUT2D eigenvalue weighted by atomic mass is 9.76. The molecule has 0 aromatic heterocycles. The van der Waals surface area contributed by atoms with Crippen molar-refractivity contribution >= 4 is 0 Å². The second-order valence-electron chi connectivity index (χ2n) is 9.03. The van der Waals surface area contributed by atoms with Crippen LogP contribution in [0.4, 0.5) is 8.78 Å². The van der Waals surface area contributed by atoms with Gasteiger partial charge in [0, 0.05) is 5.92 Å². The first-order chi connectivity index (χ1) is 14.6. The maximum absolute atomic E-state index is 14.2. The first-order valence-electron chi connectivity index (χ1n) is 12.0. The van der Waals surface area contributed by atoms with Crippen LogP contribution in [0, 0.1) is 29.4 Å². The summed E-state index contributed by atoms with van der Waals surface area (Å²) in [7, 11) is 0. The molecule has 1 aromatic carbocycles. The van der Waals surface area contributed by atoms with Gasteiger partial charge < -0.3 is 14.2 Å². The van der Waals surface area contributed by atoms with Crippen LogP contribution in [0.2, 0.25) is 0 Å². The summed E-state index contributed by atoms with van der Waals surface area (Å²) >= 11 is 0. The number of hydrogen-bond donors (Lipinski definition) is 0. The zero-order valence-electron chi connectivity index (χ0n) is 18.6. The van der Waals surface area contributed by atoms with E-state index in [2.05, 4.69) is 6.92 Å².